The van der Waals surface area contributed by atoms with Crippen LogP contribution < -0.4 is 10.1 Å². The molecule has 0 unspecified atom stereocenters. The summed E-state index contributed by atoms with van der Waals surface area (Å²) in [6, 6.07) is 9.66. The van der Waals surface area contributed by atoms with Crippen LogP contribution in [0.1, 0.15) is 35.1 Å². The highest BCUT2D eigenvalue weighted by atomic mass is 19.4. The van der Waals surface area contributed by atoms with Crippen LogP contribution in [0.2, 0.25) is 0 Å². The lowest BCUT2D eigenvalue weighted by Crippen LogP contribution is -2.44. The van der Waals surface area contributed by atoms with Gasteiger partial charge < -0.3 is 14.8 Å². The summed E-state index contributed by atoms with van der Waals surface area (Å²) in [4.78, 5) is 11.8. The van der Waals surface area contributed by atoms with Gasteiger partial charge in [-0.1, -0.05) is 30.3 Å². The van der Waals surface area contributed by atoms with E-state index >= 15 is 0 Å². The first-order chi connectivity index (χ1) is 15.5. The van der Waals surface area contributed by atoms with Gasteiger partial charge in [0.05, 0.1) is 31.3 Å². The van der Waals surface area contributed by atoms with E-state index in [1.165, 1.54) is 0 Å². The summed E-state index contributed by atoms with van der Waals surface area (Å²) in [5, 5.41) is 3.19. The number of halogens is 6. The molecule has 180 valence electrons. The highest BCUT2D eigenvalue weighted by Crippen LogP contribution is 2.44. The molecule has 1 heterocycles. The van der Waals surface area contributed by atoms with E-state index in [1.807, 2.05) is 18.2 Å². The minimum Gasteiger partial charge on any atom is -0.492 e. The fraction of sp³-hybridized carbons (Fsp3) is 0.435. The van der Waals surface area contributed by atoms with Crippen LogP contribution in [0.4, 0.5) is 26.3 Å². The van der Waals surface area contributed by atoms with Crippen LogP contribution in [0, 0.1) is 0 Å². The molecule has 33 heavy (non-hydrogen) atoms. The zero-order valence-electron chi connectivity index (χ0n) is 17.8. The van der Waals surface area contributed by atoms with E-state index < -0.39 is 52.6 Å². The van der Waals surface area contributed by atoms with Gasteiger partial charge >= 0.3 is 18.3 Å². The van der Waals surface area contributed by atoms with Gasteiger partial charge in [-0.25, -0.2) is 0 Å². The number of methoxy groups -OCH3 is 1. The number of rotatable bonds is 6. The SMILES string of the molecule is COC(=O)Cc1cc(C(F)(F)F)cc(C(F)(F)F)c1OCC1(c2ccccc2)CCNCC1. The maximum absolute atomic E-state index is 13.8. The second kappa shape index (κ2) is 9.62. The average Bonchev–Trinajstić information content (AvgIpc) is 2.77. The molecule has 0 bridgehead atoms. The molecular formula is C23H23F6NO3. The molecule has 1 saturated heterocycles. The molecule has 4 nitrogen and oxygen atoms in total. The summed E-state index contributed by atoms with van der Waals surface area (Å²) >= 11 is 0. The molecule has 1 N–H and O–H groups in total. The summed E-state index contributed by atoms with van der Waals surface area (Å²) in [5.41, 5.74) is -3.39. The third kappa shape index (κ3) is 5.79. The summed E-state index contributed by atoms with van der Waals surface area (Å²) in [5.74, 6) is -1.76. The Balaban J connectivity index is 2.08. The minimum atomic E-state index is -5.13. The van der Waals surface area contributed by atoms with Gasteiger partial charge in [0.1, 0.15) is 5.75 Å². The van der Waals surface area contributed by atoms with Gasteiger partial charge in [0.2, 0.25) is 0 Å². The van der Waals surface area contributed by atoms with Crippen molar-refractivity contribution in [2.24, 2.45) is 0 Å². The number of carbonyl (C=O) groups is 1. The Kier molecular flexibility index (Phi) is 7.26. The van der Waals surface area contributed by atoms with Crippen LogP contribution in [-0.4, -0.2) is 32.8 Å². The van der Waals surface area contributed by atoms with Crippen molar-refractivity contribution in [2.75, 3.05) is 26.8 Å². The number of nitrogens with one attached hydrogen (secondary N) is 1. The van der Waals surface area contributed by atoms with Crippen molar-refractivity contribution in [2.45, 2.75) is 37.0 Å². The number of carbonyl (C=O) groups excluding carboxylic acids is 1. The summed E-state index contributed by atoms with van der Waals surface area (Å²) in [6.07, 6.45) is -9.84. The number of alkyl halides is 6. The molecule has 1 fully saturated rings. The van der Waals surface area contributed by atoms with Gasteiger partial charge in [-0.15, -0.1) is 0 Å². The van der Waals surface area contributed by atoms with Crippen molar-refractivity contribution in [1.29, 1.82) is 0 Å². The molecule has 0 spiro atoms. The van der Waals surface area contributed by atoms with Gasteiger partial charge in [-0.2, -0.15) is 26.3 Å². The molecule has 0 aromatic heterocycles. The van der Waals surface area contributed by atoms with E-state index in [-0.39, 0.29) is 12.7 Å². The summed E-state index contributed by atoms with van der Waals surface area (Å²) < 4.78 is 91.6. The number of esters is 1. The fourth-order valence-electron chi connectivity index (χ4n) is 4.02. The van der Waals surface area contributed by atoms with Crippen molar-refractivity contribution >= 4 is 5.97 Å². The standard InChI is InChI=1S/C23H23F6NO3/c1-32-19(31)12-15-11-17(22(24,25)26)13-18(23(27,28)29)20(15)33-14-21(7-9-30-10-8-21)16-5-3-2-4-6-16/h2-6,11,13,30H,7-10,12,14H2,1H3. The largest absolute Gasteiger partial charge is 0.492 e. The highest BCUT2D eigenvalue weighted by Gasteiger charge is 2.42. The van der Waals surface area contributed by atoms with E-state index in [9.17, 15) is 31.1 Å². The smallest absolute Gasteiger partial charge is 0.419 e. The van der Waals surface area contributed by atoms with Gasteiger partial charge in [-0.05, 0) is 43.6 Å². The lowest BCUT2D eigenvalue weighted by Gasteiger charge is -2.38. The molecule has 1 aliphatic rings. The molecule has 0 atom stereocenters. The summed E-state index contributed by atoms with van der Waals surface area (Å²) in [6.45, 7) is 1.01. The molecule has 0 amide bonds. The second-order valence-corrected chi connectivity index (χ2v) is 7.95. The van der Waals surface area contributed by atoms with Crippen molar-refractivity contribution < 1.29 is 40.6 Å². The van der Waals surface area contributed by atoms with Gasteiger partial charge in [-0.3, -0.25) is 4.79 Å². The van der Waals surface area contributed by atoms with Crippen molar-refractivity contribution in [3.63, 3.8) is 0 Å². The maximum Gasteiger partial charge on any atom is 0.419 e. The zero-order chi connectivity index (χ0) is 24.3. The number of benzene rings is 2. The minimum absolute atomic E-state index is 0.0216. The van der Waals surface area contributed by atoms with Gasteiger partial charge in [0, 0.05) is 11.0 Å². The monoisotopic (exact) mass is 475 g/mol. The van der Waals surface area contributed by atoms with Crippen LogP contribution in [0.15, 0.2) is 42.5 Å². The number of hydrogen-bond acceptors (Lipinski definition) is 4. The second-order valence-electron chi connectivity index (χ2n) is 7.95. The van der Waals surface area contributed by atoms with Crippen LogP contribution in [0.25, 0.3) is 0 Å². The molecule has 0 aliphatic carbocycles. The topological polar surface area (TPSA) is 47.6 Å². The third-order valence-corrected chi connectivity index (χ3v) is 5.80. The molecule has 3 rings (SSSR count). The Morgan fingerprint density at radius 3 is 2.18 bits per heavy atom. The molecule has 1 aliphatic heterocycles. The lowest BCUT2D eigenvalue weighted by atomic mass is 9.74. The third-order valence-electron chi connectivity index (χ3n) is 5.80. The number of piperidine rings is 1. The van der Waals surface area contributed by atoms with Crippen LogP contribution in [0.5, 0.6) is 5.75 Å². The molecule has 2 aromatic carbocycles. The van der Waals surface area contributed by atoms with E-state index in [1.54, 1.807) is 12.1 Å². The van der Waals surface area contributed by atoms with Crippen LogP contribution >= 0.6 is 0 Å². The quantitative estimate of drug-likeness (QED) is 0.464. The van der Waals surface area contributed by atoms with E-state index in [0.717, 1.165) is 12.7 Å². The average molecular weight is 475 g/mol. The fourth-order valence-corrected chi connectivity index (χ4v) is 4.02. The Bertz CT molecular complexity index is 967. The Hall–Kier alpha value is -2.75. The van der Waals surface area contributed by atoms with E-state index in [0.29, 0.717) is 32.0 Å². The Labute approximate surface area is 186 Å². The van der Waals surface area contributed by atoms with E-state index in [2.05, 4.69) is 10.1 Å². The maximum atomic E-state index is 13.8. The normalized spacial score (nSPS) is 16.3. The molecular weight excluding hydrogens is 452 g/mol. The molecule has 0 radical (unpaired) electrons. The highest BCUT2D eigenvalue weighted by molar-refractivity contribution is 5.74. The van der Waals surface area contributed by atoms with Crippen molar-refractivity contribution in [1.82, 2.24) is 5.32 Å². The first kappa shape index (κ1) is 24.9. The van der Waals surface area contributed by atoms with Crippen LogP contribution in [-0.2, 0) is 33.7 Å². The molecule has 0 saturated carbocycles. The van der Waals surface area contributed by atoms with Gasteiger partial charge in [0.15, 0.2) is 0 Å². The molecule has 10 heteroatoms. The summed E-state index contributed by atoms with van der Waals surface area (Å²) in [7, 11) is 1.00. The number of hydrogen-bond donors (Lipinski definition) is 1. The Morgan fingerprint density at radius 2 is 1.64 bits per heavy atom. The van der Waals surface area contributed by atoms with Gasteiger partial charge in [0.25, 0.3) is 0 Å². The predicted molar refractivity (Wildman–Crippen MR) is 108 cm³/mol. The Morgan fingerprint density at radius 1 is 1.00 bits per heavy atom. The van der Waals surface area contributed by atoms with Crippen molar-refractivity contribution in [3.8, 4) is 5.75 Å². The predicted octanol–water partition coefficient (Wildman–Crippen LogP) is 5.14. The van der Waals surface area contributed by atoms with E-state index in [4.69, 9.17) is 4.74 Å². The first-order valence-electron chi connectivity index (χ1n) is 10.2. The van der Waals surface area contributed by atoms with Crippen molar-refractivity contribution in [3.05, 3.63) is 64.7 Å². The number of ether oxygens (including phenoxy) is 2. The molecule has 2 aromatic rings. The lowest BCUT2D eigenvalue weighted by molar-refractivity contribution is -0.145. The first-order valence-corrected chi connectivity index (χ1v) is 10.2. The zero-order valence-corrected chi connectivity index (χ0v) is 17.8. The van der Waals surface area contributed by atoms with Crippen LogP contribution in [0.3, 0.4) is 0 Å².